The Kier molecular flexibility index (Phi) is 5.17. The molecule has 18 heavy (non-hydrogen) atoms. The van der Waals surface area contributed by atoms with Crippen molar-refractivity contribution in [3.05, 3.63) is 30.3 Å². The second-order valence-corrected chi connectivity index (χ2v) is 3.90. The highest BCUT2D eigenvalue weighted by Gasteiger charge is 2.22. The van der Waals surface area contributed by atoms with Crippen LogP contribution in [0.4, 0.5) is 0 Å². The molecule has 0 aliphatic rings. The van der Waals surface area contributed by atoms with Crippen LogP contribution in [0.2, 0.25) is 0 Å². The molecule has 1 unspecified atom stereocenters. The van der Waals surface area contributed by atoms with Crippen LogP contribution in [0.3, 0.4) is 0 Å². The summed E-state index contributed by atoms with van der Waals surface area (Å²) in [6.45, 7) is 3.22. The van der Waals surface area contributed by atoms with Gasteiger partial charge in [-0.2, -0.15) is 0 Å². The molecule has 0 aliphatic carbocycles. The highest BCUT2D eigenvalue weighted by atomic mass is 16.5. The first-order chi connectivity index (χ1) is 8.54. The molecule has 0 saturated heterocycles. The van der Waals surface area contributed by atoms with E-state index >= 15 is 0 Å². The topological polar surface area (TPSA) is 75.6 Å². The van der Waals surface area contributed by atoms with Gasteiger partial charge in [0.2, 0.25) is 0 Å². The van der Waals surface area contributed by atoms with Crippen LogP contribution in [0.5, 0.6) is 5.75 Å². The molecular formula is C13H17NO4. The third-order valence-electron chi connectivity index (χ3n) is 2.41. The molecule has 1 aromatic rings. The number of ether oxygens (including phenoxy) is 1. The fraction of sp³-hybridized carbons (Fsp3) is 0.385. The van der Waals surface area contributed by atoms with Crippen molar-refractivity contribution in [2.24, 2.45) is 0 Å². The zero-order chi connectivity index (χ0) is 13.5. The first-order valence-electron chi connectivity index (χ1n) is 5.79. The zero-order valence-electron chi connectivity index (χ0n) is 10.4. The normalized spacial score (nSPS) is 13.4. The van der Waals surface area contributed by atoms with Gasteiger partial charge < -0.3 is 15.2 Å². The SMILES string of the molecule is CCC(Oc1ccccc1)C(=O)N[C@@H](C)C(=O)O. The van der Waals surface area contributed by atoms with E-state index in [1.54, 1.807) is 31.2 Å². The van der Waals surface area contributed by atoms with Crippen LogP contribution in [0.1, 0.15) is 20.3 Å². The van der Waals surface area contributed by atoms with Crippen LogP contribution in [0, 0.1) is 0 Å². The Morgan fingerprint density at radius 3 is 2.44 bits per heavy atom. The van der Waals surface area contributed by atoms with Crippen LogP contribution in [0.25, 0.3) is 0 Å². The predicted molar refractivity (Wildman–Crippen MR) is 66.4 cm³/mol. The van der Waals surface area contributed by atoms with Crippen molar-refractivity contribution in [3.63, 3.8) is 0 Å². The summed E-state index contributed by atoms with van der Waals surface area (Å²) >= 11 is 0. The number of nitrogens with one attached hydrogen (secondary N) is 1. The average Bonchev–Trinajstić information content (AvgIpc) is 2.36. The lowest BCUT2D eigenvalue weighted by Gasteiger charge is -2.18. The lowest BCUT2D eigenvalue weighted by atomic mass is 10.2. The van der Waals surface area contributed by atoms with Gasteiger partial charge in [0.05, 0.1) is 0 Å². The number of carboxylic acid groups (broad SMARTS) is 1. The Hall–Kier alpha value is -2.04. The van der Waals surface area contributed by atoms with Gasteiger partial charge in [-0.3, -0.25) is 9.59 Å². The fourth-order valence-electron chi connectivity index (χ4n) is 1.35. The van der Waals surface area contributed by atoms with E-state index in [1.807, 2.05) is 6.07 Å². The number of amides is 1. The summed E-state index contributed by atoms with van der Waals surface area (Å²) in [4.78, 5) is 22.4. The molecule has 0 fully saturated rings. The second-order valence-electron chi connectivity index (χ2n) is 3.90. The van der Waals surface area contributed by atoms with Crippen molar-refractivity contribution in [3.8, 4) is 5.75 Å². The first kappa shape index (κ1) is 14.0. The minimum Gasteiger partial charge on any atom is -0.481 e. The lowest BCUT2D eigenvalue weighted by Crippen LogP contribution is -2.45. The van der Waals surface area contributed by atoms with E-state index < -0.39 is 24.0 Å². The molecule has 5 nitrogen and oxygen atoms in total. The zero-order valence-corrected chi connectivity index (χ0v) is 10.4. The van der Waals surface area contributed by atoms with Crippen molar-refractivity contribution in [2.75, 3.05) is 0 Å². The predicted octanol–water partition coefficient (Wildman–Crippen LogP) is 1.43. The maximum atomic E-state index is 11.8. The Labute approximate surface area is 106 Å². The summed E-state index contributed by atoms with van der Waals surface area (Å²) < 4.78 is 5.50. The second kappa shape index (κ2) is 6.64. The van der Waals surface area contributed by atoms with Crippen LogP contribution in [-0.2, 0) is 9.59 Å². The van der Waals surface area contributed by atoms with Crippen LogP contribution in [-0.4, -0.2) is 29.1 Å². The number of hydrogen-bond acceptors (Lipinski definition) is 3. The van der Waals surface area contributed by atoms with Gasteiger partial charge in [-0.15, -0.1) is 0 Å². The maximum Gasteiger partial charge on any atom is 0.325 e. The Balaban J connectivity index is 2.61. The standard InChI is InChI=1S/C13H17NO4/c1-3-11(12(15)14-9(2)13(16)17)18-10-7-5-4-6-8-10/h4-9,11H,3H2,1-2H3,(H,14,15)(H,16,17)/t9-,11?/m0/s1. The minimum absolute atomic E-state index is 0.420. The fourth-order valence-corrected chi connectivity index (χ4v) is 1.35. The van der Waals surface area contributed by atoms with Crippen molar-refractivity contribution in [1.29, 1.82) is 0 Å². The van der Waals surface area contributed by atoms with Crippen LogP contribution >= 0.6 is 0 Å². The molecule has 5 heteroatoms. The van der Waals surface area contributed by atoms with E-state index in [-0.39, 0.29) is 0 Å². The number of hydrogen-bond donors (Lipinski definition) is 2. The summed E-state index contributed by atoms with van der Waals surface area (Å²) in [6.07, 6.45) is -0.221. The number of carbonyl (C=O) groups excluding carboxylic acids is 1. The van der Waals surface area contributed by atoms with E-state index in [0.29, 0.717) is 12.2 Å². The molecular weight excluding hydrogens is 234 g/mol. The first-order valence-corrected chi connectivity index (χ1v) is 5.79. The summed E-state index contributed by atoms with van der Waals surface area (Å²) in [5.41, 5.74) is 0. The van der Waals surface area contributed by atoms with Gasteiger partial charge in [-0.05, 0) is 25.5 Å². The van der Waals surface area contributed by atoms with Gasteiger partial charge >= 0.3 is 5.97 Å². The summed E-state index contributed by atoms with van der Waals surface area (Å²) in [5, 5.41) is 11.1. The third kappa shape index (κ3) is 4.08. The van der Waals surface area contributed by atoms with E-state index in [4.69, 9.17) is 9.84 Å². The highest BCUT2D eigenvalue weighted by Crippen LogP contribution is 2.12. The Morgan fingerprint density at radius 1 is 1.33 bits per heavy atom. The van der Waals surface area contributed by atoms with Crippen LogP contribution in [0.15, 0.2) is 30.3 Å². The highest BCUT2D eigenvalue weighted by molar-refractivity contribution is 5.86. The molecule has 1 aromatic carbocycles. The van der Waals surface area contributed by atoms with E-state index in [9.17, 15) is 9.59 Å². The molecule has 98 valence electrons. The van der Waals surface area contributed by atoms with Crippen molar-refractivity contribution >= 4 is 11.9 Å². The van der Waals surface area contributed by atoms with E-state index in [0.717, 1.165) is 0 Å². The molecule has 0 spiro atoms. The molecule has 0 aliphatic heterocycles. The lowest BCUT2D eigenvalue weighted by molar-refractivity contribution is -0.142. The molecule has 1 rings (SSSR count). The summed E-state index contributed by atoms with van der Waals surface area (Å²) in [5.74, 6) is -0.906. The smallest absolute Gasteiger partial charge is 0.325 e. The molecule has 0 heterocycles. The molecule has 1 amide bonds. The average molecular weight is 251 g/mol. The van der Waals surface area contributed by atoms with E-state index in [2.05, 4.69) is 5.32 Å². The molecule has 0 aromatic heterocycles. The molecule has 2 atom stereocenters. The largest absolute Gasteiger partial charge is 0.481 e. The van der Waals surface area contributed by atoms with Gasteiger partial charge in [0.25, 0.3) is 5.91 Å². The van der Waals surface area contributed by atoms with Gasteiger partial charge in [-0.1, -0.05) is 25.1 Å². The monoisotopic (exact) mass is 251 g/mol. The summed E-state index contributed by atoms with van der Waals surface area (Å²) in [6, 6.07) is 8.03. The molecule has 0 saturated carbocycles. The maximum absolute atomic E-state index is 11.8. The molecule has 0 radical (unpaired) electrons. The van der Waals surface area contributed by atoms with Gasteiger partial charge in [0, 0.05) is 0 Å². The third-order valence-corrected chi connectivity index (χ3v) is 2.41. The number of benzene rings is 1. The Morgan fingerprint density at radius 2 is 1.94 bits per heavy atom. The number of para-hydroxylation sites is 1. The minimum atomic E-state index is -1.07. The van der Waals surface area contributed by atoms with Gasteiger partial charge in [0.15, 0.2) is 6.10 Å². The van der Waals surface area contributed by atoms with Crippen molar-refractivity contribution < 1.29 is 19.4 Å². The van der Waals surface area contributed by atoms with Crippen LogP contribution < -0.4 is 10.1 Å². The van der Waals surface area contributed by atoms with Gasteiger partial charge in [-0.25, -0.2) is 0 Å². The van der Waals surface area contributed by atoms with E-state index in [1.165, 1.54) is 6.92 Å². The van der Waals surface area contributed by atoms with Gasteiger partial charge in [0.1, 0.15) is 11.8 Å². The Bertz CT molecular complexity index is 405. The molecule has 2 N–H and O–H groups in total. The summed E-state index contributed by atoms with van der Waals surface area (Å²) in [7, 11) is 0. The molecule has 0 bridgehead atoms. The number of rotatable bonds is 6. The number of aliphatic carboxylic acids is 1. The van der Waals surface area contributed by atoms with Crippen molar-refractivity contribution in [2.45, 2.75) is 32.4 Å². The quantitative estimate of drug-likeness (QED) is 0.802. The number of carbonyl (C=O) groups is 2. The number of carboxylic acids is 1. The van der Waals surface area contributed by atoms with Crippen molar-refractivity contribution in [1.82, 2.24) is 5.32 Å².